The zero-order chi connectivity index (χ0) is 8.27. The van der Waals surface area contributed by atoms with Crippen molar-refractivity contribution < 1.29 is 4.79 Å². The summed E-state index contributed by atoms with van der Waals surface area (Å²) < 4.78 is 0. The Bertz CT molecular complexity index is 288. The van der Waals surface area contributed by atoms with E-state index in [1.165, 1.54) is 11.6 Å². The summed E-state index contributed by atoms with van der Waals surface area (Å²) in [6.07, 6.45) is 3.09. The van der Waals surface area contributed by atoms with Gasteiger partial charge in [-0.05, 0) is 30.0 Å². The van der Waals surface area contributed by atoms with E-state index in [2.05, 4.69) is 0 Å². The molecule has 0 saturated heterocycles. The van der Waals surface area contributed by atoms with Gasteiger partial charge in [-0.1, -0.05) is 0 Å². The molecule has 0 unspecified atom stereocenters. The first-order valence-corrected chi connectivity index (χ1v) is 4.09. The molecule has 2 nitrogen and oxygen atoms in total. The van der Waals surface area contributed by atoms with Gasteiger partial charge in [0.05, 0.1) is 0 Å². The molecule has 0 fully saturated rings. The zero-order valence-corrected chi connectivity index (χ0v) is 7.02. The average Bonchev–Trinajstić information content (AvgIpc) is 2.31. The van der Waals surface area contributed by atoms with Crippen molar-refractivity contribution in [3.05, 3.63) is 28.0 Å². The first kappa shape index (κ1) is 8.01. The van der Waals surface area contributed by atoms with E-state index in [0.29, 0.717) is 0 Å². The van der Waals surface area contributed by atoms with Crippen LogP contribution in [0.5, 0.6) is 0 Å². The van der Waals surface area contributed by atoms with Crippen LogP contribution in [0.4, 0.5) is 0 Å². The Balaban J connectivity index is 2.71. The number of nitrogens with two attached hydrogens (primary N) is 1. The molecule has 0 aliphatic heterocycles. The SMILES string of the molecule is Cc1csc(C=CC(N)=O)c1. The van der Waals surface area contributed by atoms with Crippen LogP contribution in [0.2, 0.25) is 0 Å². The van der Waals surface area contributed by atoms with E-state index >= 15 is 0 Å². The molecule has 11 heavy (non-hydrogen) atoms. The van der Waals surface area contributed by atoms with Crippen LogP contribution in [0.15, 0.2) is 17.5 Å². The van der Waals surface area contributed by atoms with Crippen molar-refractivity contribution in [2.24, 2.45) is 5.73 Å². The Hall–Kier alpha value is -1.09. The van der Waals surface area contributed by atoms with Crippen LogP contribution in [-0.2, 0) is 4.79 Å². The number of thiophene rings is 1. The van der Waals surface area contributed by atoms with Crippen molar-refractivity contribution in [1.29, 1.82) is 0 Å². The Morgan fingerprint density at radius 1 is 1.73 bits per heavy atom. The second-order valence-corrected chi connectivity index (χ2v) is 3.20. The molecule has 1 aromatic rings. The maximum absolute atomic E-state index is 10.3. The number of rotatable bonds is 2. The van der Waals surface area contributed by atoms with Gasteiger partial charge < -0.3 is 5.73 Å². The van der Waals surface area contributed by atoms with Gasteiger partial charge in [-0.2, -0.15) is 0 Å². The molecular weight excluding hydrogens is 158 g/mol. The molecule has 2 N–H and O–H groups in total. The third-order valence-corrected chi connectivity index (χ3v) is 2.18. The number of hydrogen-bond donors (Lipinski definition) is 1. The van der Waals surface area contributed by atoms with Crippen molar-refractivity contribution in [2.45, 2.75) is 6.92 Å². The predicted octanol–water partition coefficient (Wildman–Crippen LogP) is 1.56. The summed E-state index contributed by atoms with van der Waals surface area (Å²) in [5.74, 6) is -0.406. The van der Waals surface area contributed by atoms with E-state index in [4.69, 9.17) is 5.73 Å². The summed E-state index contributed by atoms with van der Waals surface area (Å²) >= 11 is 1.60. The maximum Gasteiger partial charge on any atom is 0.241 e. The maximum atomic E-state index is 10.3. The van der Waals surface area contributed by atoms with E-state index in [-0.39, 0.29) is 0 Å². The third kappa shape index (κ3) is 2.55. The van der Waals surface area contributed by atoms with Crippen LogP contribution in [0.1, 0.15) is 10.4 Å². The lowest BCUT2D eigenvalue weighted by atomic mass is 10.3. The van der Waals surface area contributed by atoms with Gasteiger partial charge in [-0.3, -0.25) is 4.79 Å². The van der Waals surface area contributed by atoms with E-state index in [0.717, 1.165) is 4.88 Å². The molecule has 0 aromatic carbocycles. The second-order valence-electron chi connectivity index (χ2n) is 2.26. The molecule has 3 heteroatoms. The number of carbonyl (C=O) groups is 1. The topological polar surface area (TPSA) is 43.1 Å². The van der Waals surface area contributed by atoms with Crippen molar-refractivity contribution in [3.8, 4) is 0 Å². The largest absolute Gasteiger partial charge is 0.366 e. The van der Waals surface area contributed by atoms with Crippen molar-refractivity contribution in [2.75, 3.05) is 0 Å². The van der Waals surface area contributed by atoms with Gasteiger partial charge in [-0.25, -0.2) is 0 Å². The van der Waals surface area contributed by atoms with Crippen LogP contribution < -0.4 is 5.73 Å². The van der Waals surface area contributed by atoms with E-state index < -0.39 is 5.91 Å². The van der Waals surface area contributed by atoms with Crippen LogP contribution in [0.3, 0.4) is 0 Å². The molecule has 1 rings (SSSR count). The molecule has 0 spiro atoms. The van der Waals surface area contributed by atoms with Crippen molar-refractivity contribution >= 4 is 23.3 Å². The Morgan fingerprint density at radius 3 is 2.91 bits per heavy atom. The molecule has 1 amide bonds. The van der Waals surface area contributed by atoms with Crippen LogP contribution >= 0.6 is 11.3 Å². The normalized spacial score (nSPS) is 10.6. The molecule has 0 aliphatic carbocycles. The first-order valence-electron chi connectivity index (χ1n) is 3.21. The van der Waals surface area contributed by atoms with Gasteiger partial charge in [0.2, 0.25) is 5.91 Å². The molecule has 0 atom stereocenters. The summed E-state index contributed by atoms with van der Waals surface area (Å²) in [5, 5.41) is 2.03. The van der Waals surface area contributed by atoms with E-state index in [9.17, 15) is 4.79 Å². The fourth-order valence-electron chi connectivity index (χ4n) is 0.705. The molecule has 1 aromatic heterocycles. The number of hydrogen-bond acceptors (Lipinski definition) is 2. The summed E-state index contributed by atoms with van der Waals surface area (Å²) in [4.78, 5) is 11.4. The fraction of sp³-hybridized carbons (Fsp3) is 0.125. The minimum atomic E-state index is -0.406. The average molecular weight is 167 g/mol. The summed E-state index contributed by atoms with van der Waals surface area (Å²) in [7, 11) is 0. The van der Waals surface area contributed by atoms with Gasteiger partial charge >= 0.3 is 0 Å². The lowest BCUT2D eigenvalue weighted by Crippen LogP contribution is -2.04. The molecule has 0 aliphatic rings. The van der Waals surface area contributed by atoms with E-state index in [1.54, 1.807) is 17.4 Å². The molecule has 0 bridgehead atoms. The summed E-state index contributed by atoms with van der Waals surface area (Å²) in [6.45, 7) is 2.01. The van der Waals surface area contributed by atoms with Gasteiger partial charge in [0.15, 0.2) is 0 Å². The molecule has 58 valence electrons. The highest BCUT2D eigenvalue weighted by Gasteiger charge is 1.90. The summed E-state index contributed by atoms with van der Waals surface area (Å²) in [5.41, 5.74) is 6.13. The smallest absolute Gasteiger partial charge is 0.241 e. The lowest BCUT2D eigenvalue weighted by molar-refractivity contribution is -0.113. The quantitative estimate of drug-likeness (QED) is 0.667. The first-order chi connectivity index (χ1) is 5.18. The van der Waals surface area contributed by atoms with Crippen LogP contribution in [-0.4, -0.2) is 5.91 Å². The molecule has 0 radical (unpaired) electrons. The Kier molecular flexibility index (Phi) is 2.44. The van der Waals surface area contributed by atoms with Gasteiger partial charge in [0, 0.05) is 11.0 Å². The monoisotopic (exact) mass is 167 g/mol. The van der Waals surface area contributed by atoms with Crippen molar-refractivity contribution in [3.63, 3.8) is 0 Å². The number of amides is 1. The number of primary amides is 1. The molecular formula is C8H9NOS. The third-order valence-electron chi connectivity index (χ3n) is 1.16. The molecule has 0 saturated carbocycles. The molecule has 1 heterocycles. The second kappa shape index (κ2) is 3.34. The van der Waals surface area contributed by atoms with Crippen LogP contribution in [0.25, 0.3) is 6.08 Å². The number of carbonyl (C=O) groups excluding carboxylic acids is 1. The highest BCUT2D eigenvalue weighted by molar-refractivity contribution is 7.11. The fourth-order valence-corrected chi connectivity index (χ4v) is 1.50. The van der Waals surface area contributed by atoms with E-state index in [1.807, 2.05) is 18.4 Å². The van der Waals surface area contributed by atoms with Gasteiger partial charge in [0.25, 0.3) is 0 Å². The van der Waals surface area contributed by atoms with Gasteiger partial charge in [0.1, 0.15) is 0 Å². The Morgan fingerprint density at radius 2 is 2.45 bits per heavy atom. The summed E-state index contributed by atoms with van der Waals surface area (Å²) in [6, 6.07) is 2.00. The van der Waals surface area contributed by atoms with Crippen LogP contribution in [0, 0.1) is 6.92 Å². The minimum absolute atomic E-state index is 0.406. The Labute approximate surface area is 69.3 Å². The predicted molar refractivity (Wildman–Crippen MR) is 47.3 cm³/mol. The minimum Gasteiger partial charge on any atom is -0.366 e. The number of aryl methyl sites for hydroxylation is 1. The standard InChI is InChI=1S/C8H9NOS/c1-6-4-7(11-5-6)2-3-8(9)10/h2-5H,1H3,(H2,9,10). The van der Waals surface area contributed by atoms with Gasteiger partial charge in [-0.15, -0.1) is 11.3 Å². The van der Waals surface area contributed by atoms with Crippen molar-refractivity contribution in [1.82, 2.24) is 0 Å². The zero-order valence-electron chi connectivity index (χ0n) is 6.20. The highest BCUT2D eigenvalue weighted by atomic mass is 32.1. The highest BCUT2D eigenvalue weighted by Crippen LogP contribution is 2.14. The lowest BCUT2D eigenvalue weighted by Gasteiger charge is -1.80.